The van der Waals surface area contributed by atoms with Gasteiger partial charge < -0.3 is 10.2 Å². The molecule has 1 fully saturated rings. The van der Waals surface area contributed by atoms with E-state index in [-0.39, 0.29) is 5.82 Å². The van der Waals surface area contributed by atoms with Crippen molar-refractivity contribution >= 4 is 21.6 Å². The predicted octanol–water partition coefficient (Wildman–Crippen LogP) is 3.02. The highest BCUT2D eigenvalue weighted by molar-refractivity contribution is 9.10. The van der Waals surface area contributed by atoms with Crippen LogP contribution < -0.4 is 10.2 Å². The van der Waals surface area contributed by atoms with Gasteiger partial charge in [0.25, 0.3) is 0 Å². The van der Waals surface area contributed by atoms with Gasteiger partial charge in [-0.15, -0.1) is 0 Å². The monoisotopic (exact) mass is 300 g/mol. The van der Waals surface area contributed by atoms with Crippen LogP contribution >= 0.6 is 15.9 Å². The average Bonchev–Trinajstić information content (AvgIpc) is 2.33. The molecule has 0 bridgehead atoms. The molecule has 94 valence electrons. The van der Waals surface area contributed by atoms with Crippen LogP contribution in [0.2, 0.25) is 0 Å². The Morgan fingerprint density at radius 2 is 2.24 bits per heavy atom. The SMILES string of the molecule is CC(C)C1CN(c2ccc(F)c(Br)c2)CCN1. The quantitative estimate of drug-likeness (QED) is 0.903. The minimum atomic E-state index is -0.204. The summed E-state index contributed by atoms with van der Waals surface area (Å²) < 4.78 is 13.7. The van der Waals surface area contributed by atoms with Crippen molar-refractivity contribution in [3.8, 4) is 0 Å². The van der Waals surface area contributed by atoms with E-state index in [1.807, 2.05) is 12.1 Å². The predicted molar refractivity (Wildman–Crippen MR) is 72.9 cm³/mol. The highest BCUT2D eigenvalue weighted by Gasteiger charge is 2.22. The van der Waals surface area contributed by atoms with Crippen molar-refractivity contribution in [2.75, 3.05) is 24.5 Å². The summed E-state index contributed by atoms with van der Waals surface area (Å²) in [7, 11) is 0. The van der Waals surface area contributed by atoms with Gasteiger partial charge in [0.05, 0.1) is 4.47 Å². The third-order valence-corrected chi connectivity index (χ3v) is 3.89. The van der Waals surface area contributed by atoms with E-state index in [1.165, 1.54) is 6.07 Å². The number of rotatable bonds is 2. The van der Waals surface area contributed by atoms with Crippen LogP contribution in [-0.2, 0) is 0 Å². The molecule has 1 heterocycles. The standard InChI is InChI=1S/C13H18BrFN2/c1-9(2)13-8-17(6-5-16-13)10-3-4-12(15)11(14)7-10/h3-4,7,9,13,16H,5-6,8H2,1-2H3. The van der Waals surface area contributed by atoms with Gasteiger partial charge in [-0.25, -0.2) is 4.39 Å². The number of halogens is 2. The summed E-state index contributed by atoms with van der Waals surface area (Å²) in [6.07, 6.45) is 0. The molecule has 1 aliphatic heterocycles. The smallest absolute Gasteiger partial charge is 0.137 e. The minimum absolute atomic E-state index is 0.204. The molecule has 1 aromatic carbocycles. The summed E-state index contributed by atoms with van der Waals surface area (Å²) >= 11 is 3.24. The zero-order chi connectivity index (χ0) is 12.4. The van der Waals surface area contributed by atoms with Gasteiger partial charge in [-0.1, -0.05) is 13.8 Å². The van der Waals surface area contributed by atoms with Crippen molar-refractivity contribution in [3.63, 3.8) is 0 Å². The summed E-state index contributed by atoms with van der Waals surface area (Å²) in [4.78, 5) is 2.31. The number of benzene rings is 1. The maximum atomic E-state index is 13.2. The lowest BCUT2D eigenvalue weighted by Crippen LogP contribution is -2.53. The van der Waals surface area contributed by atoms with Gasteiger partial charge in [0, 0.05) is 31.4 Å². The second-order valence-corrected chi connectivity index (χ2v) is 5.70. The molecule has 2 rings (SSSR count). The summed E-state index contributed by atoms with van der Waals surface area (Å²) in [5.74, 6) is 0.408. The maximum absolute atomic E-state index is 13.2. The number of hydrogen-bond donors (Lipinski definition) is 1. The highest BCUT2D eigenvalue weighted by atomic mass is 79.9. The summed E-state index contributed by atoms with van der Waals surface area (Å²) in [5.41, 5.74) is 1.09. The molecule has 2 nitrogen and oxygen atoms in total. The largest absolute Gasteiger partial charge is 0.369 e. The molecule has 0 spiro atoms. The van der Waals surface area contributed by atoms with Crippen molar-refractivity contribution in [3.05, 3.63) is 28.5 Å². The zero-order valence-corrected chi connectivity index (χ0v) is 11.8. The van der Waals surface area contributed by atoms with Crippen molar-refractivity contribution in [2.24, 2.45) is 5.92 Å². The molecule has 0 aliphatic carbocycles. The third kappa shape index (κ3) is 2.99. The third-order valence-electron chi connectivity index (χ3n) is 3.28. The van der Waals surface area contributed by atoms with Crippen LogP contribution in [0.3, 0.4) is 0 Å². The lowest BCUT2D eigenvalue weighted by atomic mass is 10.0. The van der Waals surface area contributed by atoms with E-state index in [9.17, 15) is 4.39 Å². The molecule has 0 saturated carbocycles. The van der Waals surface area contributed by atoms with Gasteiger partial charge in [-0.2, -0.15) is 0 Å². The summed E-state index contributed by atoms with van der Waals surface area (Å²) in [5, 5.41) is 3.52. The first-order valence-corrected chi connectivity index (χ1v) is 6.80. The van der Waals surface area contributed by atoms with E-state index < -0.39 is 0 Å². The van der Waals surface area contributed by atoms with E-state index in [4.69, 9.17) is 0 Å². The molecule has 1 unspecified atom stereocenters. The van der Waals surface area contributed by atoms with Crippen molar-refractivity contribution in [2.45, 2.75) is 19.9 Å². The van der Waals surface area contributed by atoms with Crippen LogP contribution in [0.1, 0.15) is 13.8 Å². The zero-order valence-electron chi connectivity index (χ0n) is 10.2. The minimum Gasteiger partial charge on any atom is -0.369 e. The molecule has 0 radical (unpaired) electrons. The fourth-order valence-corrected chi connectivity index (χ4v) is 2.51. The van der Waals surface area contributed by atoms with E-state index >= 15 is 0 Å². The average molecular weight is 301 g/mol. The van der Waals surface area contributed by atoms with Gasteiger partial charge in [-0.3, -0.25) is 0 Å². The van der Waals surface area contributed by atoms with Crippen LogP contribution in [0.25, 0.3) is 0 Å². The van der Waals surface area contributed by atoms with Crippen LogP contribution in [0, 0.1) is 11.7 Å². The molecule has 17 heavy (non-hydrogen) atoms. The number of anilines is 1. The summed E-state index contributed by atoms with van der Waals surface area (Å²) in [6, 6.07) is 5.74. The Bertz CT molecular complexity index is 395. The van der Waals surface area contributed by atoms with Gasteiger partial charge >= 0.3 is 0 Å². The van der Waals surface area contributed by atoms with E-state index in [0.29, 0.717) is 16.4 Å². The highest BCUT2D eigenvalue weighted by Crippen LogP contribution is 2.24. The van der Waals surface area contributed by atoms with Crippen LogP contribution in [-0.4, -0.2) is 25.7 Å². The molecular weight excluding hydrogens is 283 g/mol. The topological polar surface area (TPSA) is 15.3 Å². The van der Waals surface area contributed by atoms with Gasteiger partial charge in [0.15, 0.2) is 0 Å². The lowest BCUT2D eigenvalue weighted by molar-refractivity contribution is 0.368. The molecule has 0 aromatic heterocycles. The Labute approximate surface area is 110 Å². The number of nitrogens with one attached hydrogen (secondary N) is 1. The molecule has 1 saturated heterocycles. The first kappa shape index (κ1) is 12.8. The Balaban J connectivity index is 2.13. The number of piperazine rings is 1. The van der Waals surface area contributed by atoms with E-state index in [2.05, 4.69) is 40.0 Å². The molecule has 1 aliphatic rings. The van der Waals surface area contributed by atoms with Crippen molar-refractivity contribution < 1.29 is 4.39 Å². The summed E-state index contributed by atoms with van der Waals surface area (Å²) in [6.45, 7) is 7.39. The Kier molecular flexibility index (Phi) is 4.05. The molecule has 1 aromatic rings. The van der Waals surface area contributed by atoms with Gasteiger partial charge in [0.2, 0.25) is 0 Å². The first-order chi connectivity index (χ1) is 8.08. The van der Waals surface area contributed by atoms with E-state index in [1.54, 1.807) is 0 Å². The molecule has 1 atom stereocenters. The Hall–Kier alpha value is -0.610. The van der Waals surface area contributed by atoms with E-state index in [0.717, 1.165) is 25.3 Å². The lowest BCUT2D eigenvalue weighted by Gasteiger charge is -2.37. The molecule has 1 N–H and O–H groups in total. The van der Waals surface area contributed by atoms with Crippen LogP contribution in [0.15, 0.2) is 22.7 Å². The number of nitrogens with zero attached hydrogens (tertiary/aromatic N) is 1. The maximum Gasteiger partial charge on any atom is 0.137 e. The van der Waals surface area contributed by atoms with Crippen molar-refractivity contribution in [1.82, 2.24) is 5.32 Å². The molecule has 0 amide bonds. The number of hydrogen-bond acceptors (Lipinski definition) is 2. The Morgan fingerprint density at radius 1 is 1.47 bits per heavy atom. The Morgan fingerprint density at radius 3 is 2.88 bits per heavy atom. The second-order valence-electron chi connectivity index (χ2n) is 4.85. The van der Waals surface area contributed by atoms with Crippen LogP contribution in [0.4, 0.5) is 10.1 Å². The normalized spacial score (nSPS) is 21.0. The first-order valence-electron chi connectivity index (χ1n) is 6.01. The fraction of sp³-hybridized carbons (Fsp3) is 0.538. The molecular formula is C13H18BrFN2. The fourth-order valence-electron chi connectivity index (χ4n) is 2.14. The van der Waals surface area contributed by atoms with Gasteiger partial charge in [0.1, 0.15) is 5.82 Å². The van der Waals surface area contributed by atoms with Gasteiger partial charge in [-0.05, 0) is 40.0 Å². The van der Waals surface area contributed by atoms with Crippen molar-refractivity contribution in [1.29, 1.82) is 0 Å². The second kappa shape index (κ2) is 5.36. The molecule has 4 heteroatoms. The van der Waals surface area contributed by atoms with Crippen LogP contribution in [0.5, 0.6) is 0 Å².